The molecule has 0 aromatic heterocycles. The first kappa shape index (κ1) is 12.5. The van der Waals surface area contributed by atoms with Crippen LogP contribution < -0.4 is 5.32 Å². The number of thioether (sulfide) groups is 1. The molecule has 2 rings (SSSR count). The highest BCUT2D eigenvalue weighted by Crippen LogP contribution is 2.32. The molecule has 1 aliphatic heterocycles. The van der Waals surface area contributed by atoms with Crippen LogP contribution in [0.1, 0.15) is 31.9 Å². The van der Waals surface area contributed by atoms with Crippen molar-refractivity contribution in [2.24, 2.45) is 0 Å². The van der Waals surface area contributed by atoms with Crippen molar-refractivity contribution in [2.75, 3.05) is 5.75 Å². The monoisotopic (exact) mass is 299 g/mol. The van der Waals surface area contributed by atoms with Crippen LogP contribution in [0, 0.1) is 0 Å². The fourth-order valence-corrected chi connectivity index (χ4v) is 3.64. The van der Waals surface area contributed by atoms with E-state index in [1.165, 1.54) is 17.7 Å². The van der Waals surface area contributed by atoms with E-state index >= 15 is 0 Å². The molecule has 1 aliphatic rings. The number of nitrogens with one attached hydrogen (secondary N) is 1. The first-order chi connectivity index (χ1) is 7.70. The molecule has 88 valence electrons. The Balaban J connectivity index is 2.14. The molecule has 0 spiro atoms. The molecule has 3 unspecified atom stereocenters. The van der Waals surface area contributed by atoms with Crippen molar-refractivity contribution in [2.45, 2.75) is 37.6 Å². The Morgan fingerprint density at radius 2 is 2.06 bits per heavy atom. The summed E-state index contributed by atoms with van der Waals surface area (Å²) < 4.78 is 1.15. The molecule has 3 heteroatoms. The normalized spacial score (nSPS) is 30.3. The first-order valence-electron chi connectivity index (χ1n) is 5.84. The first-order valence-corrected chi connectivity index (χ1v) is 7.68. The smallest absolute Gasteiger partial charge is 0.0440 e. The van der Waals surface area contributed by atoms with Crippen LogP contribution in [-0.2, 0) is 0 Å². The van der Waals surface area contributed by atoms with Gasteiger partial charge in [0.1, 0.15) is 0 Å². The molecule has 0 aliphatic carbocycles. The van der Waals surface area contributed by atoms with Gasteiger partial charge in [0.05, 0.1) is 0 Å². The Morgan fingerprint density at radius 3 is 2.69 bits per heavy atom. The lowest BCUT2D eigenvalue weighted by molar-refractivity contribution is 0.432. The average Bonchev–Trinajstić information content (AvgIpc) is 2.31. The molecule has 1 N–H and O–H groups in total. The van der Waals surface area contributed by atoms with Crippen molar-refractivity contribution in [3.8, 4) is 0 Å². The van der Waals surface area contributed by atoms with Crippen LogP contribution in [0.2, 0.25) is 0 Å². The molecule has 1 aromatic carbocycles. The maximum absolute atomic E-state index is 3.75. The van der Waals surface area contributed by atoms with Crippen molar-refractivity contribution in [1.82, 2.24) is 5.32 Å². The summed E-state index contributed by atoms with van der Waals surface area (Å²) in [5.74, 6) is 1.24. The fraction of sp³-hybridized carbons (Fsp3) is 0.538. The standard InChI is InChI=1S/C13H18BrNS/c1-3-12-8-16-9(2)13(15-12)10-4-6-11(14)7-5-10/h4-7,9,12-13,15H,3,8H2,1-2H3. The Kier molecular flexibility index (Phi) is 4.34. The highest BCUT2D eigenvalue weighted by molar-refractivity contribution is 9.10. The average molecular weight is 300 g/mol. The maximum Gasteiger partial charge on any atom is 0.0440 e. The second-order valence-corrected chi connectivity index (χ2v) is 6.67. The minimum atomic E-state index is 0.497. The van der Waals surface area contributed by atoms with Crippen LogP contribution in [0.15, 0.2) is 28.7 Å². The molecule has 3 atom stereocenters. The molecular weight excluding hydrogens is 282 g/mol. The molecule has 1 heterocycles. The fourth-order valence-electron chi connectivity index (χ4n) is 2.07. The van der Waals surface area contributed by atoms with Crippen LogP contribution in [0.3, 0.4) is 0 Å². The second-order valence-electron chi connectivity index (χ2n) is 4.34. The van der Waals surface area contributed by atoms with E-state index in [9.17, 15) is 0 Å². The van der Waals surface area contributed by atoms with E-state index in [0.717, 1.165) is 4.47 Å². The minimum Gasteiger partial charge on any atom is -0.305 e. The molecular formula is C13H18BrNS. The van der Waals surface area contributed by atoms with Gasteiger partial charge in [0, 0.05) is 27.6 Å². The molecule has 0 amide bonds. The van der Waals surface area contributed by atoms with Crippen molar-refractivity contribution < 1.29 is 0 Å². The number of hydrogen-bond acceptors (Lipinski definition) is 2. The van der Waals surface area contributed by atoms with Gasteiger partial charge in [0.2, 0.25) is 0 Å². The van der Waals surface area contributed by atoms with Crippen LogP contribution in [0.5, 0.6) is 0 Å². The Hall–Kier alpha value is 0.01000. The second kappa shape index (κ2) is 5.56. The van der Waals surface area contributed by atoms with Gasteiger partial charge in [-0.1, -0.05) is 41.9 Å². The quantitative estimate of drug-likeness (QED) is 0.886. The van der Waals surface area contributed by atoms with E-state index in [1.807, 2.05) is 0 Å². The Bertz CT molecular complexity index is 338. The molecule has 1 saturated heterocycles. The molecule has 0 radical (unpaired) electrons. The number of benzene rings is 1. The molecule has 1 fully saturated rings. The van der Waals surface area contributed by atoms with E-state index in [4.69, 9.17) is 0 Å². The third-order valence-electron chi connectivity index (χ3n) is 3.17. The molecule has 1 nitrogen and oxygen atoms in total. The zero-order chi connectivity index (χ0) is 11.5. The van der Waals surface area contributed by atoms with Gasteiger partial charge in [0.15, 0.2) is 0 Å². The van der Waals surface area contributed by atoms with Crippen LogP contribution >= 0.6 is 27.7 Å². The zero-order valence-corrected chi connectivity index (χ0v) is 12.1. The number of rotatable bonds is 2. The van der Waals surface area contributed by atoms with Crippen molar-refractivity contribution in [1.29, 1.82) is 0 Å². The lowest BCUT2D eigenvalue weighted by atomic mass is 10.0. The minimum absolute atomic E-state index is 0.497. The van der Waals surface area contributed by atoms with E-state index in [1.54, 1.807) is 0 Å². The van der Waals surface area contributed by atoms with Gasteiger partial charge in [-0.25, -0.2) is 0 Å². The molecule has 0 saturated carbocycles. The largest absolute Gasteiger partial charge is 0.305 e. The van der Waals surface area contributed by atoms with Gasteiger partial charge in [-0.2, -0.15) is 11.8 Å². The highest BCUT2D eigenvalue weighted by Gasteiger charge is 2.27. The topological polar surface area (TPSA) is 12.0 Å². The summed E-state index contributed by atoms with van der Waals surface area (Å²) in [7, 11) is 0. The summed E-state index contributed by atoms with van der Waals surface area (Å²) in [5, 5.41) is 4.41. The third kappa shape index (κ3) is 2.82. The zero-order valence-electron chi connectivity index (χ0n) is 9.74. The van der Waals surface area contributed by atoms with Crippen LogP contribution in [-0.4, -0.2) is 17.0 Å². The third-order valence-corrected chi connectivity index (χ3v) is 5.09. The lowest BCUT2D eigenvalue weighted by Crippen LogP contribution is -2.43. The van der Waals surface area contributed by atoms with Crippen LogP contribution in [0.4, 0.5) is 0 Å². The molecule has 0 bridgehead atoms. The van der Waals surface area contributed by atoms with Gasteiger partial charge in [-0.15, -0.1) is 0 Å². The summed E-state index contributed by atoms with van der Waals surface area (Å²) in [4.78, 5) is 0. The SMILES string of the molecule is CCC1CSC(C)C(c2ccc(Br)cc2)N1. The lowest BCUT2D eigenvalue weighted by Gasteiger charge is -2.35. The van der Waals surface area contributed by atoms with E-state index < -0.39 is 0 Å². The predicted octanol–water partition coefficient (Wildman–Crippen LogP) is 3.99. The summed E-state index contributed by atoms with van der Waals surface area (Å²) in [5.41, 5.74) is 1.40. The van der Waals surface area contributed by atoms with Crippen molar-refractivity contribution in [3.05, 3.63) is 34.3 Å². The Labute approximate surface area is 111 Å². The van der Waals surface area contributed by atoms with Gasteiger partial charge >= 0.3 is 0 Å². The summed E-state index contributed by atoms with van der Waals surface area (Å²) >= 11 is 5.57. The van der Waals surface area contributed by atoms with Gasteiger partial charge in [-0.05, 0) is 24.1 Å². The van der Waals surface area contributed by atoms with E-state index in [0.29, 0.717) is 17.3 Å². The van der Waals surface area contributed by atoms with E-state index in [-0.39, 0.29) is 0 Å². The molecule has 1 aromatic rings. The summed E-state index contributed by atoms with van der Waals surface area (Å²) in [6, 6.07) is 9.85. The van der Waals surface area contributed by atoms with Crippen LogP contribution in [0.25, 0.3) is 0 Å². The van der Waals surface area contributed by atoms with E-state index in [2.05, 4.69) is 71.1 Å². The van der Waals surface area contributed by atoms with Gasteiger partial charge < -0.3 is 5.32 Å². The number of hydrogen-bond donors (Lipinski definition) is 1. The predicted molar refractivity (Wildman–Crippen MR) is 76.0 cm³/mol. The van der Waals surface area contributed by atoms with Crippen molar-refractivity contribution >= 4 is 27.7 Å². The highest BCUT2D eigenvalue weighted by atomic mass is 79.9. The van der Waals surface area contributed by atoms with Gasteiger partial charge in [-0.3, -0.25) is 0 Å². The molecule has 16 heavy (non-hydrogen) atoms. The summed E-state index contributed by atoms with van der Waals surface area (Å²) in [6.07, 6.45) is 1.22. The summed E-state index contributed by atoms with van der Waals surface area (Å²) in [6.45, 7) is 4.57. The number of halogens is 1. The maximum atomic E-state index is 3.75. The van der Waals surface area contributed by atoms with Crippen molar-refractivity contribution in [3.63, 3.8) is 0 Å². The van der Waals surface area contributed by atoms with Gasteiger partial charge in [0.25, 0.3) is 0 Å². The Morgan fingerprint density at radius 1 is 1.38 bits per heavy atom.